The second-order valence-corrected chi connectivity index (χ2v) is 5.34. The summed E-state index contributed by atoms with van der Waals surface area (Å²) in [7, 11) is 3.32. The van der Waals surface area contributed by atoms with E-state index in [0.717, 1.165) is 0 Å². The summed E-state index contributed by atoms with van der Waals surface area (Å²) in [5.41, 5.74) is -1.08. The number of amides is 4. The summed E-state index contributed by atoms with van der Waals surface area (Å²) in [5, 5.41) is 15.4. The number of hydrogen-bond donors (Lipinski definition) is 6. The van der Waals surface area contributed by atoms with Crippen LogP contribution in [-0.4, -0.2) is 56.7 Å². The number of rotatable bonds is 10. The molecular formula is C13H26N6O4. The number of carbonyl (C=O) groups is 4. The van der Waals surface area contributed by atoms with Gasteiger partial charge in [0.2, 0.25) is 23.6 Å². The molecule has 0 fully saturated rings. The van der Waals surface area contributed by atoms with Gasteiger partial charge in [0.05, 0.1) is 13.3 Å². The van der Waals surface area contributed by atoms with Crippen molar-refractivity contribution in [2.75, 3.05) is 27.4 Å². The predicted molar refractivity (Wildman–Crippen MR) is 83.7 cm³/mol. The second-order valence-electron chi connectivity index (χ2n) is 5.34. The van der Waals surface area contributed by atoms with E-state index in [1.54, 1.807) is 27.9 Å². The van der Waals surface area contributed by atoms with Crippen LogP contribution >= 0.6 is 0 Å². The van der Waals surface area contributed by atoms with E-state index in [9.17, 15) is 19.2 Å². The SMILES string of the molecule is CNCNC(=O)CC(=O)NC(C)(C)NC(=O)CC(=O)NCNC. The van der Waals surface area contributed by atoms with Gasteiger partial charge in [-0.15, -0.1) is 0 Å². The van der Waals surface area contributed by atoms with Crippen molar-refractivity contribution in [2.45, 2.75) is 32.4 Å². The smallest absolute Gasteiger partial charge is 0.231 e. The van der Waals surface area contributed by atoms with Gasteiger partial charge in [-0.2, -0.15) is 0 Å². The largest absolute Gasteiger partial charge is 0.343 e. The summed E-state index contributed by atoms with van der Waals surface area (Å²) < 4.78 is 0. The van der Waals surface area contributed by atoms with Crippen molar-refractivity contribution in [1.29, 1.82) is 0 Å². The van der Waals surface area contributed by atoms with E-state index >= 15 is 0 Å². The molecule has 0 saturated heterocycles. The number of carbonyl (C=O) groups excluding carboxylic acids is 4. The van der Waals surface area contributed by atoms with E-state index < -0.39 is 29.3 Å². The molecule has 0 saturated carbocycles. The lowest BCUT2D eigenvalue weighted by Crippen LogP contribution is -2.57. The Morgan fingerprint density at radius 3 is 1.35 bits per heavy atom. The highest BCUT2D eigenvalue weighted by molar-refractivity contribution is 5.98. The summed E-state index contributed by atoms with van der Waals surface area (Å²) >= 11 is 0. The maximum Gasteiger partial charge on any atom is 0.231 e. The van der Waals surface area contributed by atoms with Crippen LogP contribution in [0.15, 0.2) is 0 Å². The fourth-order valence-electron chi connectivity index (χ4n) is 1.61. The predicted octanol–water partition coefficient (Wildman–Crippen LogP) is -2.68. The van der Waals surface area contributed by atoms with Gasteiger partial charge < -0.3 is 31.9 Å². The van der Waals surface area contributed by atoms with E-state index in [0.29, 0.717) is 0 Å². The van der Waals surface area contributed by atoms with Gasteiger partial charge in [0.1, 0.15) is 18.5 Å². The molecule has 23 heavy (non-hydrogen) atoms. The average Bonchev–Trinajstić information content (AvgIpc) is 2.40. The molecule has 0 aromatic heterocycles. The van der Waals surface area contributed by atoms with Crippen LogP contribution in [0, 0.1) is 0 Å². The highest BCUT2D eigenvalue weighted by Gasteiger charge is 2.24. The summed E-state index contributed by atoms with van der Waals surface area (Å²) in [4.78, 5) is 46.3. The lowest BCUT2D eigenvalue weighted by atomic mass is 10.2. The molecule has 0 spiro atoms. The van der Waals surface area contributed by atoms with Gasteiger partial charge in [0, 0.05) is 0 Å². The van der Waals surface area contributed by atoms with E-state index in [-0.39, 0.29) is 26.2 Å². The maximum atomic E-state index is 11.7. The van der Waals surface area contributed by atoms with Crippen LogP contribution in [0.5, 0.6) is 0 Å². The maximum absolute atomic E-state index is 11.7. The first kappa shape index (κ1) is 20.8. The van der Waals surface area contributed by atoms with Gasteiger partial charge in [0.25, 0.3) is 0 Å². The number of hydrogen-bond acceptors (Lipinski definition) is 6. The van der Waals surface area contributed by atoms with E-state index in [2.05, 4.69) is 31.9 Å². The second kappa shape index (κ2) is 10.5. The third-order valence-electron chi connectivity index (χ3n) is 2.47. The standard InChI is InChI=1S/C13H26N6O4/c1-13(2,18-11(22)5-9(20)16-7-14-3)19-12(23)6-10(21)17-8-15-4/h14-15H,5-8H2,1-4H3,(H,16,20)(H,17,21)(H,18,22)(H,19,23). The van der Waals surface area contributed by atoms with Crippen molar-refractivity contribution >= 4 is 23.6 Å². The Balaban J connectivity index is 4.25. The molecule has 0 heterocycles. The van der Waals surface area contributed by atoms with Crippen LogP contribution < -0.4 is 31.9 Å². The Hall–Kier alpha value is -2.20. The summed E-state index contributed by atoms with van der Waals surface area (Å²) in [6.07, 6.45) is -0.715. The fraction of sp³-hybridized carbons (Fsp3) is 0.692. The molecular weight excluding hydrogens is 304 g/mol. The van der Waals surface area contributed by atoms with Gasteiger partial charge in [-0.3, -0.25) is 19.2 Å². The topological polar surface area (TPSA) is 140 Å². The van der Waals surface area contributed by atoms with E-state index in [1.165, 1.54) is 0 Å². The van der Waals surface area contributed by atoms with Crippen molar-refractivity contribution < 1.29 is 19.2 Å². The molecule has 0 atom stereocenters. The monoisotopic (exact) mass is 330 g/mol. The normalized spacial score (nSPS) is 10.6. The van der Waals surface area contributed by atoms with Crippen molar-refractivity contribution in [3.63, 3.8) is 0 Å². The van der Waals surface area contributed by atoms with Gasteiger partial charge in [-0.1, -0.05) is 0 Å². The zero-order chi connectivity index (χ0) is 17.9. The Kier molecular flexibility index (Phi) is 9.51. The van der Waals surface area contributed by atoms with Gasteiger partial charge >= 0.3 is 0 Å². The zero-order valence-electron chi connectivity index (χ0n) is 14.0. The minimum Gasteiger partial charge on any atom is -0.343 e. The van der Waals surface area contributed by atoms with Crippen LogP contribution in [0.4, 0.5) is 0 Å². The van der Waals surface area contributed by atoms with Gasteiger partial charge in [-0.25, -0.2) is 0 Å². The Morgan fingerprint density at radius 2 is 1.04 bits per heavy atom. The minimum absolute atomic E-state index is 0.258. The van der Waals surface area contributed by atoms with Crippen molar-refractivity contribution in [2.24, 2.45) is 0 Å². The Labute approximate surface area is 135 Å². The molecule has 0 aromatic rings. The summed E-state index contributed by atoms with van der Waals surface area (Å²) in [6.45, 7) is 3.63. The quantitative estimate of drug-likeness (QED) is 0.190. The molecule has 0 rings (SSSR count). The molecule has 0 aliphatic rings. The van der Waals surface area contributed by atoms with Crippen molar-refractivity contribution in [3.8, 4) is 0 Å². The third kappa shape index (κ3) is 11.1. The molecule has 132 valence electrons. The zero-order valence-corrected chi connectivity index (χ0v) is 14.0. The highest BCUT2D eigenvalue weighted by atomic mass is 16.2. The lowest BCUT2D eigenvalue weighted by molar-refractivity contribution is -0.131. The average molecular weight is 330 g/mol. The van der Waals surface area contributed by atoms with Crippen LogP contribution in [0.25, 0.3) is 0 Å². The molecule has 0 aromatic carbocycles. The van der Waals surface area contributed by atoms with E-state index in [4.69, 9.17) is 0 Å². The van der Waals surface area contributed by atoms with Gasteiger partial charge in [-0.05, 0) is 27.9 Å². The molecule has 0 unspecified atom stereocenters. The molecule has 0 radical (unpaired) electrons. The van der Waals surface area contributed by atoms with Crippen LogP contribution in [0.3, 0.4) is 0 Å². The highest BCUT2D eigenvalue weighted by Crippen LogP contribution is 1.99. The first-order valence-electron chi connectivity index (χ1n) is 7.14. The fourth-order valence-corrected chi connectivity index (χ4v) is 1.61. The molecule has 6 N–H and O–H groups in total. The Morgan fingerprint density at radius 1 is 0.696 bits per heavy atom. The lowest BCUT2D eigenvalue weighted by Gasteiger charge is -2.27. The summed E-state index contributed by atoms with van der Waals surface area (Å²) in [6, 6.07) is 0. The molecule has 0 bridgehead atoms. The van der Waals surface area contributed by atoms with Crippen LogP contribution in [0.1, 0.15) is 26.7 Å². The molecule has 10 nitrogen and oxygen atoms in total. The van der Waals surface area contributed by atoms with Crippen LogP contribution in [-0.2, 0) is 19.2 Å². The molecule has 0 aliphatic carbocycles. The van der Waals surface area contributed by atoms with Crippen LogP contribution in [0.2, 0.25) is 0 Å². The van der Waals surface area contributed by atoms with Gasteiger partial charge in [0.15, 0.2) is 0 Å². The first-order valence-corrected chi connectivity index (χ1v) is 7.14. The molecule has 10 heteroatoms. The third-order valence-corrected chi connectivity index (χ3v) is 2.47. The van der Waals surface area contributed by atoms with Crippen molar-refractivity contribution in [3.05, 3.63) is 0 Å². The summed E-state index contributed by atoms with van der Waals surface area (Å²) in [5.74, 6) is -1.96. The minimum atomic E-state index is -1.08. The Bertz CT molecular complexity index is 400. The molecule has 4 amide bonds. The van der Waals surface area contributed by atoms with E-state index in [1.807, 2.05) is 0 Å². The molecule has 0 aliphatic heterocycles. The number of nitrogens with one attached hydrogen (secondary N) is 6. The van der Waals surface area contributed by atoms with Crippen molar-refractivity contribution in [1.82, 2.24) is 31.9 Å². The first-order chi connectivity index (χ1) is 10.7.